The highest BCUT2D eigenvalue weighted by molar-refractivity contribution is 8.04. The van der Waals surface area contributed by atoms with Crippen LogP contribution in [0.4, 0.5) is 0 Å². The Morgan fingerprint density at radius 2 is 2.07 bits per heavy atom. The van der Waals surface area contributed by atoms with Crippen LogP contribution >= 0.6 is 11.8 Å². The number of pyridine rings is 1. The van der Waals surface area contributed by atoms with Gasteiger partial charge >= 0.3 is 11.9 Å². The van der Waals surface area contributed by atoms with Gasteiger partial charge in [-0.05, 0) is 26.0 Å². The molecular weight excluding hydrogens is 380 g/mol. The number of carbonyl (C=O) groups is 3. The van der Waals surface area contributed by atoms with Crippen molar-refractivity contribution in [3.63, 3.8) is 0 Å². The van der Waals surface area contributed by atoms with Crippen molar-refractivity contribution in [2.75, 3.05) is 25.5 Å². The van der Waals surface area contributed by atoms with E-state index in [1.54, 1.807) is 13.0 Å². The summed E-state index contributed by atoms with van der Waals surface area (Å²) in [7, 11) is 0. The Balaban J connectivity index is 1.67. The van der Waals surface area contributed by atoms with Gasteiger partial charge in [0.1, 0.15) is 6.61 Å². The topological polar surface area (TPSA) is 85.8 Å². The van der Waals surface area contributed by atoms with E-state index in [0.29, 0.717) is 16.0 Å². The van der Waals surface area contributed by atoms with Crippen LogP contribution in [0, 0.1) is 6.92 Å². The van der Waals surface area contributed by atoms with Crippen LogP contribution in [0.25, 0.3) is 10.9 Å². The Hall–Kier alpha value is -2.87. The average molecular weight is 400 g/mol. The summed E-state index contributed by atoms with van der Waals surface area (Å²) in [6, 6.07) is 9.04. The summed E-state index contributed by atoms with van der Waals surface area (Å²) in [5.41, 5.74) is 1.88. The molecule has 1 saturated heterocycles. The van der Waals surface area contributed by atoms with Gasteiger partial charge in [0.15, 0.2) is 0 Å². The van der Waals surface area contributed by atoms with Crippen LogP contribution in [0.5, 0.6) is 0 Å². The van der Waals surface area contributed by atoms with Gasteiger partial charge in [-0.15, -0.1) is 0 Å². The lowest BCUT2D eigenvalue weighted by atomic mass is 10.1. The normalized spacial score (nSPS) is 15.3. The van der Waals surface area contributed by atoms with Crippen LogP contribution in [0.1, 0.15) is 23.0 Å². The Bertz CT molecular complexity index is 957. The number of aromatic nitrogens is 1. The van der Waals surface area contributed by atoms with Gasteiger partial charge in [-0.1, -0.05) is 30.0 Å². The number of fused-ring (bicyclic) bond motifs is 1. The van der Waals surface area contributed by atoms with E-state index in [-0.39, 0.29) is 31.4 Å². The molecule has 1 amide bonds. The van der Waals surface area contributed by atoms with Crippen molar-refractivity contribution in [2.45, 2.75) is 13.8 Å². The van der Waals surface area contributed by atoms with Gasteiger partial charge in [0.2, 0.25) is 5.91 Å². The van der Waals surface area contributed by atoms with Crippen molar-refractivity contribution in [3.8, 4) is 0 Å². The number of para-hydroxylation sites is 1. The third kappa shape index (κ3) is 4.51. The smallest absolute Gasteiger partial charge is 0.338 e. The number of benzene rings is 1. The Morgan fingerprint density at radius 3 is 2.86 bits per heavy atom. The van der Waals surface area contributed by atoms with Crippen molar-refractivity contribution < 1.29 is 23.9 Å². The molecule has 2 heterocycles. The van der Waals surface area contributed by atoms with E-state index in [0.717, 1.165) is 11.2 Å². The lowest BCUT2D eigenvalue weighted by molar-refractivity contribution is -0.137. The number of hydrogen-bond donors (Lipinski definition) is 0. The van der Waals surface area contributed by atoms with Crippen molar-refractivity contribution in [1.29, 1.82) is 0 Å². The standard InChI is InChI=1S/C20H20N2O5S/c1-3-26-19(24)11-18-22(17(23)12-28-18)8-9-27-20(25)15-10-13(2)21-16-7-5-4-6-14(15)16/h4-7,10-11H,3,8-9,12H2,1-2H3/b18-11-. The van der Waals surface area contributed by atoms with E-state index in [9.17, 15) is 14.4 Å². The average Bonchev–Trinajstić information content (AvgIpc) is 3.00. The molecule has 0 radical (unpaired) electrons. The van der Waals surface area contributed by atoms with E-state index in [4.69, 9.17) is 9.47 Å². The fourth-order valence-electron chi connectivity index (χ4n) is 2.84. The summed E-state index contributed by atoms with van der Waals surface area (Å²) in [6.07, 6.45) is 1.29. The van der Waals surface area contributed by atoms with Gasteiger partial charge in [-0.3, -0.25) is 9.78 Å². The maximum atomic E-state index is 12.6. The number of nitrogens with zero attached hydrogens (tertiary/aromatic N) is 2. The third-order valence-electron chi connectivity index (χ3n) is 4.05. The number of carbonyl (C=O) groups excluding carboxylic acids is 3. The molecule has 28 heavy (non-hydrogen) atoms. The molecule has 0 N–H and O–H groups in total. The van der Waals surface area contributed by atoms with Crippen molar-refractivity contribution in [3.05, 3.63) is 52.7 Å². The zero-order chi connectivity index (χ0) is 20.1. The minimum Gasteiger partial charge on any atom is -0.463 e. The predicted octanol–water partition coefficient (Wildman–Crippen LogP) is 2.68. The first-order chi connectivity index (χ1) is 13.5. The lowest BCUT2D eigenvalue weighted by Crippen LogP contribution is -2.29. The first-order valence-electron chi connectivity index (χ1n) is 8.84. The van der Waals surface area contributed by atoms with Gasteiger partial charge in [0, 0.05) is 11.1 Å². The SMILES string of the molecule is CCOC(=O)/C=C1\SCC(=O)N1CCOC(=O)c1cc(C)nc2ccccc12. The molecule has 1 aliphatic rings. The molecular formula is C20H20N2O5S. The molecule has 0 saturated carbocycles. The minimum atomic E-state index is -0.500. The molecule has 7 nitrogen and oxygen atoms in total. The Morgan fingerprint density at radius 1 is 1.29 bits per heavy atom. The molecule has 3 rings (SSSR count). The molecule has 1 aromatic carbocycles. The predicted molar refractivity (Wildman–Crippen MR) is 106 cm³/mol. The molecule has 0 atom stereocenters. The zero-order valence-electron chi connectivity index (χ0n) is 15.6. The van der Waals surface area contributed by atoms with Gasteiger partial charge < -0.3 is 14.4 Å². The molecule has 2 aromatic rings. The van der Waals surface area contributed by atoms with E-state index in [1.165, 1.54) is 22.7 Å². The third-order valence-corrected chi connectivity index (χ3v) is 5.08. The van der Waals surface area contributed by atoms with Crippen molar-refractivity contribution in [1.82, 2.24) is 9.88 Å². The van der Waals surface area contributed by atoms with Crippen molar-refractivity contribution in [2.24, 2.45) is 0 Å². The second-order valence-corrected chi connectivity index (χ2v) is 7.03. The first-order valence-corrected chi connectivity index (χ1v) is 9.83. The zero-order valence-corrected chi connectivity index (χ0v) is 16.5. The molecule has 0 aliphatic carbocycles. The van der Waals surface area contributed by atoms with Crippen LogP contribution in [0.2, 0.25) is 0 Å². The van der Waals surface area contributed by atoms with Crippen LogP contribution < -0.4 is 0 Å². The number of thioether (sulfide) groups is 1. The highest BCUT2D eigenvalue weighted by atomic mass is 32.2. The molecule has 0 spiro atoms. The largest absolute Gasteiger partial charge is 0.463 e. The maximum absolute atomic E-state index is 12.6. The van der Waals surface area contributed by atoms with Gasteiger partial charge in [-0.2, -0.15) is 0 Å². The molecule has 146 valence electrons. The number of ether oxygens (including phenoxy) is 2. The van der Waals surface area contributed by atoms with Gasteiger partial charge in [0.25, 0.3) is 0 Å². The molecule has 0 bridgehead atoms. The monoisotopic (exact) mass is 400 g/mol. The lowest BCUT2D eigenvalue weighted by Gasteiger charge is -2.17. The van der Waals surface area contributed by atoms with E-state index >= 15 is 0 Å². The van der Waals surface area contributed by atoms with Gasteiger partial charge in [0.05, 0.1) is 41.1 Å². The molecule has 8 heteroatoms. The number of esters is 2. The molecule has 0 unspecified atom stereocenters. The van der Waals surface area contributed by atoms with Crippen LogP contribution in [-0.4, -0.2) is 53.2 Å². The molecule has 1 fully saturated rings. The van der Waals surface area contributed by atoms with Crippen LogP contribution in [-0.2, 0) is 19.1 Å². The summed E-state index contributed by atoms with van der Waals surface area (Å²) in [5, 5.41) is 1.22. The Labute approximate surface area is 166 Å². The summed E-state index contributed by atoms with van der Waals surface area (Å²) < 4.78 is 10.3. The summed E-state index contributed by atoms with van der Waals surface area (Å²) in [6.45, 7) is 3.98. The first kappa shape index (κ1) is 19.9. The number of amides is 1. The minimum absolute atomic E-state index is 0.0149. The number of aryl methyl sites for hydroxylation is 1. The second-order valence-electron chi connectivity index (χ2n) is 6.03. The fraction of sp³-hybridized carbons (Fsp3) is 0.300. The van der Waals surface area contributed by atoms with Gasteiger partial charge in [-0.25, -0.2) is 9.59 Å². The van der Waals surface area contributed by atoms with Crippen molar-refractivity contribution >= 4 is 40.5 Å². The van der Waals surface area contributed by atoms with Crippen LogP contribution in [0.15, 0.2) is 41.4 Å². The van der Waals surface area contributed by atoms with E-state index < -0.39 is 11.9 Å². The number of hydrogen-bond acceptors (Lipinski definition) is 7. The summed E-state index contributed by atoms with van der Waals surface area (Å²) in [4.78, 5) is 42.1. The summed E-state index contributed by atoms with van der Waals surface area (Å²) >= 11 is 1.26. The Kier molecular flexibility index (Phi) is 6.30. The summed E-state index contributed by atoms with van der Waals surface area (Å²) in [5.74, 6) is -0.868. The van der Waals surface area contributed by atoms with Crippen LogP contribution in [0.3, 0.4) is 0 Å². The van der Waals surface area contributed by atoms with E-state index in [2.05, 4.69) is 4.98 Å². The fourth-order valence-corrected chi connectivity index (χ4v) is 3.79. The maximum Gasteiger partial charge on any atom is 0.338 e. The van der Waals surface area contributed by atoms with E-state index in [1.807, 2.05) is 31.2 Å². The molecule has 1 aliphatic heterocycles. The highest BCUT2D eigenvalue weighted by Crippen LogP contribution is 2.28. The highest BCUT2D eigenvalue weighted by Gasteiger charge is 2.27. The number of rotatable bonds is 6. The quantitative estimate of drug-likeness (QED) is 0.544. The molecule has 1 aromatic heterocycles. The second kappa shape index (κ2) is 8.88.